The van der Waals surface area contributed by atoms with E-state index in [0.29, 0.717) is 6.42 Å². The molecule has 0 fully saturated rings. The molecular formula is C13H22O2. The second-order valence-electron chi connectivity index (χ2n) is 3.72. The van der Waals surface area contributed by atoms with Crippen molar-refractivity contribution in [3.8, 4) is 11.8 Å². The molecule has 0 bridgehead atoms. The highest BCUT2D eigenvalue weighted by Gasteiger charge is 1.95. The Labute approximate surface area is 93.1 Å². The summed E-state index contributed by atoms with van der Waals surface area (Å²) in [5.41, 5.74) is 0. The van der Waals surface area contributed by atoms with Gasteiger partial charge in [0.2, 0.25) is 0 Å². The number of hydrogen-bond donors (Lipinski definition) is 1. The van der Waals surface area contributed by atoms with Crippen molar-refractivity contribution < 1.29 is 9.90 Å². The highest BCUT2D eigenvalue weighted by Crippen LogP contribution is 2.08. The third-order valence-corrected chi connectivity index (χ3v) is 2.24. The van der Waals surface area contributed by atoms with Gasteiger partial charge in [-0.1, -0.05) is 32.6 Å². The lowest BCUT2D eigenvalue weighted by Gasteiger charge is -1.98. The van der Waals surface area contributed by atoms with Gasteiger partial charge in [-0.25, -0.2) is 0 Å². The number of carboxylic acid groups (broad SMARTS) is 1. The summed E-state index contributed by atoms with van der Waals surface area (Å²) >= 11 is 0. The zero-order chi connectivity index (χ0) is 11.4. The van der Waals surface area contributed by atoms with Crippen LogP contribution in [0.15, 0.2) is 0 Å². The van der Waals surface area contributed by atoms with Crippen LogP contribution >= 0.6 is 0 Å². The fraction of sp³-hybridized carbons (Fsp3) is 0.769. The maximum atomic E-state index is 10.2. The van der Waals surface area contributed by atoms with E-state index in [4.69, 9.17) is 5.11 Å². The standard InChI is InChI=1S/C13H22O2/c1-2-3-4-5-6-7-8-9-10-11-12-13(14)15/h2,5-12H2,1H3,(H,14,15). The molecule has 0 aliphatic carbocycles. The van der Waals surface area contributed by atoms with Gasteiger partial charge in [-0.2, -0.15) is 0 Å². The molecule has 0 saturated carbocycles. The quantitative estimate of drug-likeness (QED) is 0.491. The van der Waals surface area contributed by atoms with Crippen molar-refractivity contribution in [3.63, 3.8) is 0 Å². The molecule has 0 saturated heterocycles. The number of carbonyl (C=O) groups is 1. The highest BCUT2D eigenvalue weighted by atomic mass is 16.4. The van der Waals surface area contributed by atoms with E-state index in [1.165, 1.54) is 19.3 Å². The van der Waals surface area contributed by atoms with Crippen LogP contribution in [0.3, 0.4) is 0 Å². The SMILES string of the molecule is CCC#CCCCCCCCCC(=O)O. The van der Waals surface area contributed by atoms with Crippen molar-refractivity contribution in [2.24, 2.45) is 0 Å². The lowest BCUT2D eigenvalue weighted by molar-refractivity contribution is -0.137. The van der Waals surface area contributed by atoms with Crippen molar-refractivity contribution >= 4 is 5.97 Å². The average molecular weight is 210 g/mol. The number of aliphatic carboxylic acids is 1. The van der Waals surface area contributed by atoms with Gasteiger partial charge in [-0.15, -0.1) is 11.8 Å². The molecule has 0 rings (SSSR count). The molecule has 0 aromatic heterocycles. The van der Waals surface area contributed by atoms with E-state index in [9.17, 15) is 4.79 Å². The molecule has 0 aliphatic heterocycles. The molecule has 0 radical (unpaired) electrons. The number of hydrogen-bond acceptors (Lipinski definition) is 1. The summed E-state index contributed by atoms with van der Waals surface area (Å²) < 4.78 is 0. The smallest absolute Gasteiger partial charge is 0.303 e. The first-order valence-corrected chi connectivity index (χ1v) is 5.95. The summed E-state index contributed by atoms with van der Waals surface area (Å²) in [5, 5.41) is 8.42. The van der Waals surface area contributed by atoms with E-state index in [2.05, 4.69) is 18.8 Å². The molecule has 0 spiro atoms. The van der Waals surface area contributed by atoms with Crippen LogP contribution in [-0.4, -0.2) is 11.1 Å². The summed E-state index contributed by atoms with van der Waals surface area (Å²) in [5.74, 6) is 5.50. The molecule has 2 heteroatoms. The molecule has 0 heterocycles. The molecule has 1 N–H and O–H groups in total. The first-order chi connectivity index (χ1) is 7.27. The van der Waals surface area contributed by atoms with Crippen molar-refractivity contribution in [1.82, 2.24) is 0 Å². The van der Waals surface area contributed by atoms with Crippen LogP contribution in [0.25, 0.3) is 0 Å². The fourth-order valence-corrected chi connectivity index (χ4v) is 1.41. The maximum Gasteiger partial charge on any atom is 0.303 e. The Morgan fingerprint density at radius 3 is 2.20 bits per heavy atom. The van der Waals surface area contributed by atoms with E-state index in [1.807, 2.05) is 0 Å². The minimum Gasteiger partial charge on any atom is -0.481 e. The van der Waals surface area contributed by atoms with Gasteiger partial charge >= 0.3 is 5.97 Å². The molecule has 15 heavy (non-hydrogen) atoms. The first kappa shape index (κ1) is 14.0. The largest absolute Gasteiger partial charge is 0.481 e. The predicted molar refractivity (Wildman–Crippen MR) is 62.6 cm³/mol. The van der Waals surface area contributed by atoms with Crippen LogP contribution < -0.4 is 0 Å². The van der Waals surface area contributed by atoms with Crippen molar-refractivity contribution in [2.45, 2.75) is 64.7 Å². The van der Waals surface area contributed by atoms with Crippen LogP contribution in [0.2, 0.25) is 0 Å². The van der Waals surface area contributed by atoms with Crippen LogP contribution in [-0.2, 0) is 4.79 Å². The van der Waals surface area contributed by atoms with E-state index in [0.717, 1.165) is 32.1 Å². The first-order valence-electron chi connectivity index (χ1n) is 5.95. The minimum atomic E-state index is -0.676. The Balaban J connectivity index is 3.02. The summed E-state index contributed by atoms with van der Waals surface area (Å²) in [6.07, 6.45) is 8.96. The highest BCUT2D eigenvalue weighted by molar-refractivity contribution is 5.66. The number of rotatable bonds is 8. The summed E-state index contributed by atoms with van der Waals surface area (Å²) in [6, 6.07) is 0. The second-order valence-corrected chi connectivity index (χ2v) is 3.72. The molecule has 0 amide bonds. The van der Waals surface area contributed by atoms with Gasteiger partial charge in [0.25, 0.3) is 0 Å². The summed E-state index contributed by atoms with van der Waals surface area (Å²) in [7, 11) is 0. The minimum absolute atomic E-state index is 0.321. The molecule has 0 aromatic carbocycles. The Morgan fingerprint density at radius 1 is 1.00 bits per heavy atom. The van der Waals surface area contributed by atoms with Crippen molar-refractivity contribution in [2.75, 3.05) is 0 Å². The van der Waals surface area contributed by atoms with E-state index < -0.39 is 5.97 Å². The third kappa shape index (κ3) is 13.0. The third-order valence-electron chi connectivity index (χ3n) is 2.24. The topological polar surface area (TPSA) is 37.3 Å². The zero-order valence-corrected chi connectivity index (χ0v) is 9.72. The van der Waals surface area contributed by atoms with Crippen LogP contribution in [0.5, 0.6) is 0 Å². The maximum absolute atomic E-state index is 10.2. The molecule has 86 valence electrons. The van der Waals surface area contributed by atoms with E-state index in [-0.39, 0.29) is 0 Å². The Bertz CT molecular complexity index is 210. The van der Waals surface area contributed by atoms with E-state index in [1.54, 1.807) is 0 Å². The Morgan fingerprint density at radius 2 is 1.60 bits per heavy atom. The predicted octanol–water partition coefficient (Wildman–Crippen LogP) is 3.61. The Kier molecular flexibility index (Phi) is 10.4. The van der Waals surface area contributed by atoms with Crippen LogP contribution in [0.1, 0.15) is 64.7 Å². The molecule has 0 atom stereocenters. The monoisotopic (exact) mass is 210 g/mol. The summed E-state index contributed by atoms with van der Waals surface area (Å²) in [4.78, 5) is 10.2. The van der Waals surface area contributed by atoms with E-state index >= 15 is 0 Å². The summed E-state index contributed by atoms with van der Waals surface area (Å²) in [6.45, 7) is 2.06. The molecule has 0 aliphatic rings. The van der Waals surface area contributed by atoms with Gasteiger partial charge in [0.1, 0.15) is 0 Å². The fourth-order valence-electron chi connectivity index (χ4n) is 1.41. The second kappa shape index (κ2) is 11.1. The van der Waals surface area contributed by atoms with Gasteiger partial charge in [-0.3, -0.25) is 4.79 Å². The van der Waals surface area contributed by atoms with Gasteiger partial charge in [0.05, 0.1) is 0 Å². The lowest BCUT2D eigenvalue weighted by Crippen LogP contribution is -1.93. The van der Waals surface area contributed by atoms with Crippen molar-refractivity contribution in [3.05, 3.63) is 0 Å². The normalized spacial score (nSPS) is 9.40. The number of unbranched alkanes of at least 4 members (excludes halogenated alkanes) is 6. The molecule has 0 unspecified atom stereocenters. The van der Waals surface area contributed by atoms with Gasteiger partial charge in [0, 0.05) is 19.3 Å². The van der Waals surface area contributed by atoms with Crippen molar-refractivity contribution in [1.29, 1.82) is 0 Å². The van der Waals surface area contributed by atoms with Gasteiger partial charge in [0.15, 0.2) is 0 Å². The van der Waals surface area contributed by atoms with Gasteiger partial charge < -0.3 is 5.11 Å². The Hall–Kier alpha value is -0.970. The van der Waals surface area contributed by atoms with Crippen LogP contribution in [0, 0.1) is 11.8 Å². The number of carboxylic acids is 1. The molecule has 2 nitrogen and oxygen atoms in total. The zero-order valence-electron chi connectivity index (χ0n) is 9.72. The average Bonchev–Trinajstić information content (AvgIpc) is 2.20. The molecule has 0 aromatic rings. The molecular weight excluding hydrogens is 188 g/mol. The van der Waals surface area contributed by atoms with Crippen LogP contribution in [0.4, 0.5) is 0 Å². The van der Waals surface area contributed by atoms with Gasteiger partial charge in [-0.05, 0) is 12.8 Å². The lowest BCUT2D eigenvalue weighted by atomic mass is 10.1.